The first kappa shape index (κ1) is 14.2. The van der Waals surface area contributed by atoms with E-state index in [4.69, 9.17) is 9.47 Å². The Bertz CT molecular complexity index is 449. The number of hydrogen-bond acceptors (Lipinski definition) is 4. The van der Waals surface area contributed by atoms with Gasteiger partial charge in [0.2, 0.25) is 0 Å². The average molecular weight is 265 g/mol. The molecule has 1 aliphatic heterocycles. The lowest BCUT2D eigenvalue weighted by Crippen LogP contribution is -2.46. The summed E-state index contributed by atoms with van der Waals surface area (Å²) in [5.41, 5.74) is 0.0412. The number of nitrogens with zero attached hydrogens (tertiary/aromatic N) is 1. The van der Waals surface area contributed by atoms with Gasteiger partial charge in [-0.2, -0.15) is 0 Å². The largest absolute Gasteiger partial charge is 0.497 e. The van der Waals surface area contributed by atoms with Crippen LogP contribution in [0.25, 0.3) is 0 Å². The van der Waals surface area contributed by atoms with Crippen LogP contribution in [0, 0.1) is 0 Å². The Morgan fingerprint density at radius 1 is 1.32 bits per heavy atom. The Balaban J connectivity index is 2.35. The molecule has 0 aromatic heterocycles. The molecule has 1 N–H and O–H groups in total. The van der Waals surface area contributed by atoms with Crippen molar-refractivity contribution in [3.05, 3.63) is 23.8 Å². The van der Waals surface area contributed by atoms with E-state index in [2.05, 4.69) is 18.9 Å². The van der Waals surface area contributed by atoms with E-state index in [1.54, 1.807) is 14.2 Å². The van der Waals surface area contributed by atoms with Gasteiger partial charge < -0.3 is 19.5 Å². The van der Waals surface area contributed by atoms with Crippen molar-refractivity contribution in [1.29, 1.82) is 0 Å². The molecule has 1 fully saturated rings. The van der Waals surface area contributed by atoms with Gasteiger partial charge in [-0.1, -0.05) is 0 Å². The van der Waals surface area contributed by atoms with Gasteiger partial charge in [-0.3, -0.25) is 0 Å². The molecule has 4 heteroatoms. The van der Waals surface area contributed by atoms with Crippen molar-refractivity contribution in [2.45, 2.75) is 31.4 Å². The first-order valence-corrected chi connectivity index (χ1v) is 6.65. The Labute approximate surface area is 114 Å². The molecule has 0 radical (unpaired) electrons. The minimum Gasteiger partial charge on any atom is -0.497 e. The molecule has 2 atom stereocenters. The number of piperidine rings is 1. The molecule has 2 rings (SSSR count). The summed E-state index contributed by atoms with van der Waals surface area (Å²) >= 11 is 0. The van der Waals surface area contributed by atoms with E-state index >= 15 is 0 Å². The molecule has 1 aromatic rings. The zero-order valence-corrected chi connectivity index (χ0v) is 12.1. The molecule has 106 valence electrons. The van der Waals surface area contributed by atoms with Crippen LogP contribution in [-0.4, -0.2) is 43.9 Å². The van der Waals surface area contributed by atoms with Crippen LogP contribution in [0.3, 0.4) is 0 Å². The van der Waals surface area contributed by atoms with Crippen LogP contribution in [0.15, 0.2) is 18.2 Å². The minimum atomic E-state index is -0.816. The van der Waals surface area contributed by atoms with E-state index in [1.807, 2.05) is 18.2 Å². The molecule has 0 amide bonds. The molecule has 4 nitrogen and oxygen atoms in total. The van der Waals surface area contributed by atoms with Gasteiger partial charge in [0.25, 0.3) is 0 Å². The van der Waals surface area contributed by atoms with Crippen LogP contribution in [0.1, 0.15) is 25.3 Å². The highest BCUT2D eigenvalue weighted by atomic mass is 16.5. The molecule has 0 saturated carbocycles. The normalized spacial score (nSPS) is 28.2. The summed E-state index contributed by atoms with van der Waals surface area (Å²) in [6, 6.07) is 5.97. The molecule has 0 spiro atoms. The highest BCUT2D eigenvalue weighted by Crippen LogP contribution is 2.41. The van der Waals surface area contributed by atoms with Gasteiger partial charge in [0.05, 0.1) is 19.8 Å². The van der Waals surface area contributed by atoms with Gasteiger partial charge >= 0.3 is 0 Å². The van der Waals surface area contributed by atoms with E-state index in [9.17, 15) is 5.11 Å². The third-order valence-corrected chi connectivity index (χ3v) is 4.17. The van der Waals surface area contributed by atoms with E-state index in [0.29, 0.717) is 18.2 Å². The van der Waals surface area contributed by atoms with Gasteiger partial charge in [-0.15, -0.1) is 0 Å². The molecule has 1 heterocycles. The van der Waals surface area contributed by atoms with Crippen LogP contribution in [0.4, 0.5) is 0 Å². The lowest BCUT2D eigenvalue weighted by atomic mass is 9.81. The lowest BCUT2D eigenvalue weighted by Gasteiger charge is -2.41. The maximum Gasteiger partial charge on any atom is 0.128 e. The fraction of sp³-hybridized carbons (Fsp3) is 0.600. The molecule has 0 aliphatic carbocycles. The van der Waals surface area contributed by atoms with Crippen LogP contribution < -0.4 is 9.47 Å². The van der Waals surface area contributed by atoms with Crippen LogP contribution in [-0.2, 0) is 5.60 Å². The van der Waals surface area contributed by atoms with E-state index in [-0.39, 0.29) is 0 Å². The van der Waals surface area contributed by atoms with Crippen LogP contribution >= 0.6 is 0 Å². The van der Waals surface area contributed by atoms with Crippen molar-refractivity contribution >= 4 is 0 Å². The summed E-state index contributed by atoms with van der Waals surface area (Å²) in [6.45, 7) is 3.02. The maximum absolute atomic E-state index is 11.0. The number of hydrogen-bond donors (Lipinski definition) is 1. The zero-order valence-electron chi connectivity index (χ0n) is 12.1. The molecule has 1 aromatic carbocycles. The number of methoxy groups -OCH3 is 2. The zero-order chi connectivity index (χ0) is 14.0. The first-order chi connectivity index (χ1) is 9.00. The van der Waals surface area contributed by atoms with Crippen LogP contribution in [0.5, 0.6) is 11.5 Å². The monoisotopic (exact) mass is 265 g/mol. The average Bonchev–Trinajstić information content (AvgIpc) is 2.42. The molecule has 0 bridgehead atoms. The number of ether oxygens (including phenoxy) is 2. The summed E-state index contributed by atoms with van der Waals surface area (Å²) in [5, 5.41) is 11.0. The number of benzene rings is 1. The Morgan fingerprint density at radius 3 is 2.63 bits per heavy atom. The summed E-state index contributed by atoms with van der Waals surface area (Å²) in [6.07, 6.45) is 1.43. The van der Waals surface area contributed by atoms with Gasteiger partial charge in [0.1, 0.15) is 11.5 Å². The Kier molecular flexibility index (Phi) is 4.02. The third-order valence-electron chi connectivity index (χ3n) is 4.17. The predicted molar refractivity (Wildman–Crippen MR) is 74.8 cm³/mol. The fourth-order valence-corrected chi connectivity index (χ4v) is 2.76. The quantitative estimate of drug-likeness (QED) is 0.907. The standard InChI is InChI=1S/C15H23NO3/c1-11-10-15(17,7-8-16(11)2)13-6-5-12(18-3)9-14(13)19-4/h5-6,9,11,17H,7-8,10H2,1-4H3. The Morgan fingerprint density at radius 2 is 2.05 bits per heavy atom. The number of aliphatic hydroxyl groups is 1. The van der Waals surface area contributed by atoms with Crippen molar-refractivity contribution in [2.24, 2.45) is 0 Å². The number of likely N-dealkylation sites (tertiary alicyclic amines) is 1. The molecular weight excluding hydrogens is 242 g/mol. The fourth-order valence-electron chi connectivity index (χ4n) is 2.76. The van der Waals surface area contributed by atoms with Gasteiger partial charge in [-0.25, -0.2) is 0 Å². The molecule has 1 saturated heterocycles. The lowest BCUT2D eigenvalue weighted by molar-refractivity contribution is -0.0422. The third kappa shape index (κ3) is 2.69. The highest BCUT2D eigenvalue weighted by molar-refractivity contribution is 5.44. The second-order valence-electron chi connectivity index (χ2n) is 5.38. The summed E-state index contributed by atoms with van der Waals surface area (Å²) in [4.78, 5) is 2.27. The smallest absolute Gasteiger partial charge is 0.128 e. The molecule has 1 aliphatic rings. The predicted octanol–water partition coefficient (Wildman–Crippen LogP) is 2.01. The summed E-state index contributed by atoms with van der Waals surface area (Å²) < 4.78 is 10.6. The first-order valence-electron chi connectivity index (χ1n) is 6.65. The number of rotatable bonds is 3. The molecule has 19 heavy (non-hydrogen) atoms. The second-order valence-corrected chi connectivity index (χ2v) is 5.38. The second kappa shape index (κ2) is 5.39. The Hall–Kier alpha value is -1.26. The van der Waals surface area contributed by atoms with Crippen molar-refractivity contribution < 1.29 is 14.6 Å². The van der Waals surface area contributed by atoms with E-state index in [0.717, 1.165) is 24.3 Å². The SMILES string of the molecule is COc1ccc(C2(O)CCN(C)C(C)C2)c(OC)c1. The van der Waals surface area contributed by atoms with Crippen LogP contribution in [0.2, 0.25) is 0 Å². The molecule has 2 unspecified atom stereocenters. The molecular formula is C15H23NO3. The summed E-state index contributed by atoms with van der Waals surface area (Å²) in [5.74, 6) is 1.43. The van der Waals surface area contributed by atoms with Crippen molar-refractivity contribution in [2.75, 3.05) is 27.8 Å². The van der Waals surface area contributed by atoms with Gasteiger partial charge in [-0.05, 0) is 38.9 Å². The van der Waals surface area contributed by atoms with E-state index < -0.39 is 5.60 Å². The minimum absolute atomic E-state index is 0.352. The highest BCUT2D eigenvalue weighted by Gasteiger charge is 2.38. The van der Waals surface area contributed by atoms with Crippen molar-refractivity contribution in [3.63, 3.8) is 0 Å². The van der Waals surface area contributed by atoms with Gasteiger partial charge in [0.15, 0.2) is 0 Å². The van der Waals surface area contributed by atoms with Crippen molar-refractivity contribution in [1.82, 2.24) is 4.90 Å². The summed E-state index contributed by atoms with van der Waals surface area (Å²) in [7, 11) is 5.34. The topological polar surface area (TPSA) is 41.9 Å². The van der Waals surface area contributed by atoms with Gasteiger partial charge in [0, 0.05) is 24.2 Å². The van der Waals surface area contributed by atoms with Crippen molar-refractivity contribution in [3.8, 4) is 11.5 Å². The van der Waals surface area contributed by atoms with E-state index in [1.165, 1.54) is 0 Å². The maximum atomic E-state index is 11.0.